The van der Waals surface area contributed by atoms with Crippen molar-refractivity contribution in [1.29, 1.82) is 0 Å². The molecule has 4 nitrogen and oxygen atoms in total. The summed E-state index contributed by atoms with van der Waals surface area (Å²) in [5.74, 6) is -0.223. The van der Waals surface area contributed by atoms with E-state index in [4.69, 9.17) is 0 Å². The second kappa shape index (κ2) is 6.26. The Labute approximate surface area is 132 Å². The minimum atomic E-state index is -3.12. The number of hydrogen-bond acceptors (Lipinski definition) is 3. The van der Waals surface area contributed by atoms with E-state index in [1.165, 1.54) is 6.07 Å². The van der Waals surface area contributed by atoms with E-state index in [0.29, 0.717) is 6.54 Å². The van der Waals surface area contributed by atoms with Crippen LogP contribution >= 0.6 is 0 Å². The highest BCUT2D eigenvalue weighted by Crippen LogP contribution is 2.32. The van der Waals surface area contributed by atoms with Gasteiger partial charge in [-0.3, -0.25) is 4.90 Å². The first kappa shape index (κ1) is 15.9. The van der Waals surface area contributed by atoms with Crippen molar-refractivity contribution < 1.29 is 12.8 Å². The molecular formula is C16H23FN2O2S. The van der Waals surface area contributed by atoms with Crippen LogP contribution in [-0.2, 0) is 16.6 Å². The largest absolute Gasteiger partial charge is 0.297 e. The van der Waals surface area contributed by atoms with Crippen molar-refractivity contribution in [2.75, 3.05) is 20.1 Å². The summed E-state index contributed by atoms with van der Waals surface area (Å²) in [4.78, 5) is 2.22. The number of hydrogen-bond donors (Lipinski definition) is 0. The monoisotopic (exact) mass is 326 g/mol. The van der Waals surface area contributed by atoms with Crippen LogP contribution in [0.25, 0.3) is 0 Å². The van der Waals surface area contributed by atoms with E-state index in [1.54, 1.807) is 23.5 Å². The van der Waals surface area contributed by atoms with Crippen LogP contribution in [0.2, 0.25) is 0 Å². The van der Waals surface area contributed by atoms with Crippen molar-refractivity contribution in [3.8, 4) is 0 Å². The van der Waals surface area contributed by atoms with Crippen LogP contribution in [0.1, 0.15) is 31.2 Å². The number of benzene rings is 1. The standard InChI is InChI=1S/C16H23FN2O2S/c1-18(22(20,21)16-7-8-16)15-6-3-9-19(12-15)11-13-4-2-5-14(17)10-13/h2,4-5,10,15-16H,3,6-9,11-12H2,1H3. The van der Waals surface area contributed by atoms with E-state index >= 15 is 0 Å². The second-order valence-electron chi connectivity index (χ2n) is 6.42. The van der Waals surface area contributed by atoms with Crippen LogP contribution in [0.15, 0.2) is 24.3 Å². The van der Waals surface area contributed by atoms with Crippen molar-refractivity contribution in [1.82, 2.24) is 9.21 Å². The fourth-order valence-electron chi connectivity index (χ4n) is 3.17. The maximum absolute atomic E-state index is 13.3. The van der Waals surface area contributed by atoms with Crippen LogP contribution in [0.5, 0.6) is 0 Å². The van der Waals surface area contributed by atoms with E-state index in [1.807, 2.05) is 6.07 Å². The first-order valence-corrected chi connectivity index (χ1v) is 9.41. The first-order chi connectivity index (χ1) is 10.5. The molecule has 6 heteroatoms. The van der Waals surface area contributed by atoms with Crippen molar-refractivity contribution in [3.05, 3.63) is 35.6 Å². The molecule has 1 atom stereocenters. The Morgan fingerprint density at radius 1 is 1.32 bits per heavy atom. The maximum Gasteiger partial charge on any atom is 0.217 e. The third-order valence-corrected chi connectivity index (χ3v) is 7.05. The van der Waals surface area contributed by atoms with Crippen molar-refractivity contribution in [2.45, 2.75) is 43.5 Å². The van der Waals surface area contributed by atoms with Gasteiger partial charge in [-0.05, 0) is 49.9 Å². The summed E-state index contributed by atoms with van der Waals surface area (Å²) >= 11 is 0. The van der Waals surface area contributed by atoms with Crippen LogP contribution in [0, 0.1) is 5.82 Å². The lowest BCUT2D eigenvalue weighted by Gasteiger charge is -2.37. The lowest BCUT2D eigenvalue weighted by Crippen LogP contribution is -2.49. The fraction of sp³-hybridized carbons (Fsp3) is 0.625. The molecule has 1 saturated heterocycles. The number of rotatable bonds is 5. The third kappa shape index (κ3) is 3.50. The number of likely N-dealkylation sites (N-methyl/N-ethyl adjacent to an activating group) is 1. The molecule has 122 valence electrons. The van der Waals surface area contributed by atoms with E-state index in [-0.39, 0.29) is 17.1 Å². The van der Waals surface area contributed by atoms with Gasteiger partial charge in [0.1, 0.15) is 5.82 Å². The predicted molar refractivity (Wildman–Crippen MR) is 84.4 cm³/mol. The number of nitrogens with zero attached hydrogens (tertiary/aromatic N) is 2. The molecule has 1 aromatic rings. The molecule has 1 unspecified atom stereocenters. The number of piperidine rings is 1. The summed E-state index contributed by atoms with van der Waals surface area (Å²) in [6, 6.07) is 6.66. The number of sulfonamides is 1. The predicted octanol–water partition coefficient (Wildman–Crippen LogP) is 2.21. The molecule has 2 aliphatic rings. The molecule has 1 aliphatic carbocycles. The molecule has 0 radical (unpaired) electrons. The normalized spacial score (nSPS) is 23.9. The summed E-state index contributed by atoms with van der Waals surface area (Å²) in [5.41, 5.74) is 0.938. The van der Waals surface area contributed by atoms with E-state index in [9.17, 15) is 12.8 Å². The van der Waals surface area contributed by atoms with Crippen LogP contribution in [0.4, 0.5) is 4.39 Å². The Kier molecular flexibility index (Phi) is 4.52. The van der Waals surface area contributed by atoms with Crippen LogP contribution in [-0.4, -0.2) is 49.1 Å². The van der Waals surface area contributed by atoms with E-state index < -0.39 is 10.0 Å². The highest BCUT2D eigenvalue weighted by atomic mass is 32.2. The van der Waals surface area contributed by atoms with Gasteiger partial charge in [0.25, 0.3) is 0 Å². The summed E-state index contributed by atoms with van der Waals surface area (Å²) in [6.07, 6.45) is 3.48. The summed E-state index contributed by atoms with van der Waals surface area (Å²) < 4.78 is 39.6. The molecule has 0 aromatic heterocycles. The lowest BCUT2D eigenvalue weighted by atomic mass is 10.0. The summed E-state index contributed by atoms with van der Waals surface area (Å²) in [7, 11) is -1.41. The average molecular weight is 326 g/mol. The van der Waals surface area contributed by atoms with Crippen molar-refractivity contribution >= 4 is 10.0 Å². The zero-order valence-corrected chi connectivity index (χ0v) is 13.7. The van der Waals surface area contributed by atoms with Gasteiger partial charge >= 0.3 is 0 Å². The minimum absolute atomic E-state index is 0.0351. The highest BCUT2D eigenvalue weighted by molar-refractivity contribution is 7.90. The topological polar surface area (TPSA) is 40.6 Å². The van der Waals surface area contributed by atoms with Gasteiger partial charge in [-0.25, -0.2) is 17.1 Å². The smallest absolute Gasteiger partial charge is 0.217 e. The van der Waals surface area contributed by atoms with E-state index in [0.717, 1.165) is 44.3 Å². The molecule has 0 spiro atoms. The van der Waals surface area contributed by atoms with Gasteiger partial charge in [0.2, 0.25) is 10.0 Å². The van der Waals surface area contributed by atoms with Gasteiger partial charge in [-0.2, -0.15) is 0 Å². The Balaban J connectivity index is 1.64. The third-order valence-electron chi connectivity index (χ3n) is 4.64. The number of likely N-dealkylation sites (tertiary alicyclic amines) is 1. The molecule has 1 aromatic carbocycles. The molecule has 0 bridgehead atoms. The SMILES string of the molecule is CN(C1CCCN(Cc2cccc(F)c2)C1)S(=O)(=O)C1CC1. The minimum Gasteiger partial charge on any atom is -0.297 e. The van der Waals surface area contributed by atoms with Crippen molar-refractivity contribution in [3.63, 3.8) is 0 Å². The molecule has 1 saturated carbocycles. The Morgan fingerprint density at radius 2 is 2.09 bits per heavy atom. The molecule has 22 heavy (non-hydrogen) atoms. The summed E-state index contributed by atoms with van der Waals surface area (Å²) in [5, 5.41) is -0.156. The first-order valence-electron chi connectivity index (χ1n) is 7.90. The number of halogens is 1. The van der Waals surface area contributed by atoms with Gasteiger partial charge in [0, 0.05) is 26.2 Å². The average Bonchev–Trinajstić information content (AvgIpc) is 3.32. The quantitative estimate of drug-likeness (QED) is 0.833. The van der Waals surface area contributed by atoms with Gasteiger partial charge < -0.3 is 0 Å². The zero-order valence-electron chi connectivity index (χ0n) is 12.9. The van der Waals surface area contributed by atoms with E-state index in [2.05, 4.69) is 4.90 Å². The van der Waals surface area contributed by atoms with Gasteiger partial charge in [-0.1, -0.05) is 12.1 Å². The van der Waals surface area contributed by atoms with Crippen LogP contribution in [0.3, 0.4) is 0 Å². The van der Waals surface area contributed by atoms with Gasteiger partial charge in [-0.15, -0.1) is 0 Å². The Morgan fingerprint density at radius 3 is 2.77 bits per heavy atom. The van der Waals surface area contributed by atoms with Crippen LogP contribution < -0.4 is 0 Å². The lowest BCUT2D eigenvalue weighted by molar-refractivity contribution is 0.153. The second-order valence-corrected chi connectivity index (χ2v) is 8.69. The fourth-order valence-corrected chi connectivity index (χ4v) is 4.96. The zero-order chi connectivity index (χ0) is 15.7. The molecule has 3 rings (SSSR count). The highest BCUT2D eigenvalue weighted by Gasteiger charge is 2.41. The molecular weight excluding hydrogens is 303 g/mol. The maximum atomic E-state index is 13.3. The summed E-state index contributed by atoms with van der Waals surface area (Å²) in [6.45, 7) is 2.33. The Bertz CT molecular complexity index is 631. The molecule has 1 heterocycles. The molecule has 1 aliphatic heterocycles. The molecule has 2 fully saturated rings. The van der Waals surface area contributed by atoms with Crippen molar-refractivity contribution in [2.24, 2.45) is 0 Å². The molecule has 0 N–H and O–H groups in total. The van der Waals surface area contributed by atoms with Gasteiger partial charge in [0.15, 0.2) is 0 Å². The Hall–Kier alpha value is -0.980. The molecule has 0 amide bonds. The van der Waals surface area contributed by atoms with Gasteiger partial charge in [0.05, 0.1) is 5.25 Å².